The lowest BCUT2D eigenvalue weighted by molar-refractivity contribution is 0.264. The van der Waals surface area contributed by atoms with Crippen molar-refractivity contribution in [3.63, 3.8) is 0 Å². The number of nitrogens with one attached hydrogen (secondary N) is 2. The monoisotopic (exact) mass is 210 g/mol. The van der Waals surface area contributed by atoms with E-state index in [-0.39, 0.29) is 0 Å². The molecule has 1 aliphatic heterocycles. The Hall–Kier alpha value is -0.0800. The van der Waals surface area contributed by atoms with Gasteiger partial charge >= 0.3 is 0 Å². The van der Waals surface area contributed by atoms with Gasteiger partial charge in [-0.3, -0.25) is 0 Å². The van der Waals surface area contributed by atoms with Gasteiger partial charge in [-0.05, 0) is 57.2 Å². The van der Waals surface area contributed by atoms with Crippen LogP contribution in [0.4, 0.5) is 0 Å². The summed E-state index contributed by atoms with van der Waals surface area (Å²) in [6.45, 7) is 6.09. The fourth-order valence-electron chi connectivity index (χ4n) is 2.89. The van der Waals surface area contributed by atoms with Crippen LogP contribution in [0.2, 0.25) is 0 Å². The quantitative estimate of drug-likeness (QED) is 0.746. The molecule has 1 saturated heterocycles. The normalized spacial score (nSPS) is 34.2. The third-order valence-corrected chi connectivity index (χ3v) is 4.17. The van der Waals surface area contributed by atoms with E-state index in [9.17, 15) is 0 Å². The van der Waals surface area contributed by atoms with Gasteiger partial charge < -0.3 is 10.6 Å². The van der Waals surface area contributed by atoms with E-state index in [2.05, 4.69) is 17.6 Å². The van der Waals surface area contributed by atoms with Gasteiger partial charge in [0.05, 0.1) is 0 Å². The molecule has 1 aliphatic carbocycles. The van der Waals surface area contributed by atoms with Gasteiger partial charge in [-0.25, -0.2) is 0 Å². The van der Waals surface area contributed by atoms with Crippen molar-refractivity contribution in [2.45, 2.75) is 51.5 Å². The zero-order valence-electron chi connectivity index (χ0n) is 10.1. The van der Waals surface area contributed by atoms with Crippen molar-refractivity contribution in [2.24, 2.45) is 11.8 Å². The fourth-order valence-corrected chi connectivity index (χ4v) is 2.89. The Morgan fingerprint density at radius 1 is 1.00 bits per heavy atom. The van der Waals surface area contributed by atoms with E-state index in [0.29, 0.717) is 0 Å². The van der Waals surface area contributed by atoms with Crippen LogP contribution in [0.15, 0.2) is 0 Å². The second kappa shape index (κ2) is 5.86. The third kappa shape index (κ3) is 3.76. The molecule has 0 atom stereocenters. The summed E-state index contributed by atoms with van der Waals surface area (Å²) in [5.41, 5.74) is 0. The molecule has 0 spiro atoms. The zero-order chi connectivity index (χ0) is 10.5. The summed E-state index contributed by atoms with van der Waals surface area (Å²) in [5, 5.41) is 7.18. The highest BCUT2D eigenvalue weighted by molar-refractivity contribution is 4.77. The molecule has 2 heteroatoms. The Morgan fingerprint density at radius 2 is 1.67 bits per heavy atom. The third-order valence-electron chi connectivity index (χ3n) is 4.17. The minimum atomic E-state index is 0.797. The predicted molar refractivity (Wildman–Crippen MR) is 65.0 cm³/mol. The molecule has 2 rings (SSSR count). The van der Waals surface area contributed by atoms with Gasteiger partial charge in [0.1, 0.15) is 0 Å². The van der Waals surface area contributed by atoms with Crippen LogP contribution >= 0.6 is 0 Å². The van der Waals surface area contributed by atoms with Crippen molar-refractivity contribution >= 4 is 0 Å². The van der Waals surface area contributed by atoms with Gasteiger partial charge in [0, 0.05) is 6.04 Å². The Labute approximate surface area is 94.2 Å². The Morgan fingerprint density at radius 3 is 2.33 bits per heavy atom. The van der Waals surface area contributed by atoms with E-state index >= 15 is 0 Å². The van der Waals surface area contributed by atoms with Crippen LogP contribution in [-0.2, 0) is 0 Å². The lowest BCUT2D eigenvalue weighted by atomic mass is 9.83. The molecule has 0 radical (unpaired) electrons. The minimum Gasteiger partial charge on any atom is -0.317 e. The molecular formula is C13H26N2. The van der Waals surface area contributed by atoms with Crippen LogP contribution in [0, 0.1) is 11.8 Å². The molecule has 0 aromatic heterocycles. The van der Waals surface area contributed by atoms with Gasteiger partial charge in [-0.15, -0.1) is 0 Å². The van der Waals surface area contributed by atoms with Crippen LogP contribution in [0.3, 0.4) is 0 Å². The first-order valence-electron chi connectivity index (χ1n) is 6.78. The lowest BCUT2D eigenvalue weighted by Gasteiger charge is -2.30. The molecule has 2 aliphatic rings. The number of hydrogen-bond acceptors (Lipinski definition) is 2. The van der Waals surface area contributed by atoms with Gasteiger partial charge in [0.15, 0.2) is 0 Å². The molecule has 2 fully saturated rings. The summed E-state index contributed by atoms with van der Waals surface area (Å²) in [4.78, 5) is 0. The molecule has 1 saturated carbocycles. The van der Waals surface area contributed by atoms with Crippen molar-refractivity contribution in [1.82, 2.24) is 10.6 Å². The first-order valence-corrected chi connectivity index (χ1v) is 6.78. The van der Waals surface area contributed by atoms with E-state index in [1.807, 2.05) is 0 Å². The lowest BCUT2D eigenvalue weighted by Crippen LogP contribution is -2.42. The summed E-state index contributed by atoms with van der Waals surface area (Å²) in [7, 11) is 0. The van der Waals surface area contributed by atoms with Gasteiger partial charge in [-0.2, -0.15) is 0 Å². The maximum atomic E-state index is 3.77. The topological polar surface area (TPSA) is 24.1 Å². The van der Waals surface area contributed by atoms with E-state index < -0.39 is 0 Å². The first kappa shape index (κ1) is 11.4. The van der Waals surface area contributed by atoms with Crippen molar-refractivity contribution in [2.75, 3.05) is 19.6 Å². The molecule has 88 valence electrons. The standard InChI is InChI=1S/C13H26N2/c1-11-2-4-12(5-3-11)10-15-13-6-8-14-9-7-13/h11-15H,2-10H2,1H3. The molecule has 15 heavy (non-hydrogen) atoms. The maximum absolute atomic E-state index is 3.77. The molecular weight excluding hydrogens is 184 g/mol. The number of piperidine rings is 1. The molecule has 2 nitrogen and oxygen atoms in total. The fraction of sp³-hybridized carbons (Fsp3) is 1.00. The summed E-state index contributed by atoms with van der Waals surface area (Å²) < 4.78 is 0. The molecule has 1 heterocycles. The number of rotatable bonds is 3. The second-order valence-electron chi connectivity index (χ2n) is 5.56. The molecule has 0 bridgehead atoms. The minimum absolute atomic E-state index is 0.797. The summed E-state index contributed by atoms with van der Waals surface area (Å²) in [6.07, 6.45) is 8.47. The van der Waals surface area contributed by atoms with Gasteiger partial charge in [0.2, 0.25) is 0 Å². The summed E-state index contributed by atoms with van der Waals surface area (Å²) in [6, 6.07) is 0.797. The summed E-state index contributed by atoms with van der Waals surface area (Å²) >= 11 is 0. The summed E-state index contributed by atoms with van der Waals surface area (Å²) in [5.74, 6) is 1.95. The highest BCUT2D eigenvalue weighted by Gasteiger charge is 2.19. The predicted octanol–water partition coefficient (Wildman–Crippen LogP) is 2.15. The van der Waals surface area contributed by atoms with Crippen LogP contribution < -0.4 is 10.6 Å². The van der Waals surface area contributed by atoms with Crippen LogP contribution in [0.1, 0.15) is 45.4 Å². The molecule has 0 amide bonds. The van der Waals surface area contributed by atoms with Crippen LogP contribution in [-0.4, -0.2) is 25.7 Å². The smallest absolute Gasteiger partial charge is 0.00913 e. The van der Waals surface area contributed by atoms with Crippen molar-refractivity contribution in [3.05, 3.63) is 0 Å². The second-order valence-corrected chi connectivity index (χ2v) is 5.56. The SMILES string of the molecule is CC1CCC(CNC2CCNCC2)CC1. The largest absolute Gasteiger partial charge is 0.317 e. The van der Waals surface area contributed by atoms with E-state index in [4.69, 9.17) is 0 Å². The van der Waals surface area contributed by atoms with Crippen LogP contribution in [0.25, 0.3) is 0 Å². The highest BCUT2D eigenvalue weighted by atomic mass is 15.0. The van der Waals surface area contributed by atoms with E-state index in [0.717, 1.165) is 17.9 Å². The Bertz CT molecular complexity index is 167. The van der Waals surface area contributed by atoms with Crippen LogP contribution in [0.5, 0.6) is 0 Å². The average Bonchev–Trinajstić information content (AvgIpc) is 2.30. The van der Waals surface area contributed by atoms with E-state index in [1.54, 1.807) is 0 Å². The first-order chi connectivity index (χ1) is 7.34. The maximum Gasteiger partial charge on any atom is 0.00913 e. The van der Waals surface area contributed by atoms with Crippen molar-refractivity contribution in [3.8, 4) is 0 Å². The average molecular weight is 210 g/mol. The van der Waals surface area contributed by atoms with Crippen molar-refractivity contribution in [1.29, 1.82) is 0 Å². The Balaban J connectivity index is 1.60. The molecule has 0 aromatic rings. The van der Waals surface area contributed by atoms with E-state index in [1.165, 1.54) is 58.2 Å². The highest BCUT2D eigenvalue weighted by Crippen LogP contribution is 2.27. The van der Waals surface area contributed by atoms with Gasteiger partial charge in [-0.1, -0.05) is 19.8 Å². The van der Waals surface area contributed by atoms with Crippen molar-refractivity contribution < 1.29 is 0 Å². The number of hydrogen-bond donors (Lipinski definition) is 2. The molecule has 0 unspecified atom stereocenters. The zero-order valence-corrected chi connectivity index (χ0v) is 10.1. The molecule has 0 aromatic carbocycles. The Kier molecular flexibility index (Phi) is 4.45. The van der Waals surface area contributed by atoms with Gasteiger partial charge in [0.25, 0.3) is 0 Å². The molecule has 2 N–H and O–H groups in total.